The minimum Gasteiger partial charge on any atom is -0.465 e. The molecule has 4 aliphatic carbocycles. The van der Waals surface area contributed by atoms with Crippen LogP contribution in [0, 0.1) is 22.2 Å². The van der Waals surface area contributed by atoms with Crippen molar-refractivity contribution in [3.63, 3.8) is 0 Å². The molecule has 4 saturated carbocycles. The normalized spacial score (nSPS) is 32.6. The fourth-order valence-electron chi connectivity index (χ4n) is 8.46. The Bertz CT molecular complexity index is 957. The third-order valence-corrected chi connectivity index (χ3v) is 11.2. The van der Waals surface area contributed by atoms with Gasteiger partial charge in [0.2, 0.25) is 0 Å². The molecule has 37 heavy (non-hydrogen) atoms. The van der Waals surface area contributed by atoms with Crippen LogP contribution >= 0.6 is 0 Å². The number of carbonyl (C=O) groups excluding carboxylic acids is 1. The van der Waals surface area contributed by atoms with E-state index in [4.69, 9.17) is 9.29 Å². The number of halogens is 4. The summed E-state index contributed by atoms with van der Waals surface area (Å²) in [5.41, 5.74) is -4.88. The predicted molar refractivity (Wildman–Crippen MR) is 127 cm³/mol. The van der Waals surface area contributed by atoms with Gasteiger partial charge in [0, 0.05) is 10.8 Å². The first-order valence-corrected chi connectivity index (χ1v) is 14.6. The van der Waals surface area contributed by atoms with E-state index in [-0.39, 0.29) is 18.8 Å². The summed E-state index contributed by atoms with van der Waals surface area (Å²) in [7, 11) is -6.39. The van der Waals surface area contributed by atoms with Crippen LogP contribution in [0.15, 0.2) is 0 Å². The van der Waals surface area contributed by atoms with Crippen molar-refractivity contribution >= 4 is 16.1 Å². The molecule has 4 aliphatic rings. The highest BCUT2D eigenvalue weighted by molar-refractivity contribution is 7.87. The first-order chi connectivity index (χ1) is 16.8. The molecule has 0 aromatic rings. The molecule has 7 nitrogen and oxygen atoms in total. The number of esters is 1. The van der Waals surface area contributed by atoms with Crippen LogP contribution in [0.3, 0.4) is 0 Å². The van der Waals surface area contributed by atoms with Crippen LogP contribution < -0.4 is 0 Å². The Kier molecular flexibility index (Phi) is 7.68. The van der Waals surface area contributed by atoms with Crippen molar-refractivity contribution in [3.05, 3.63) is 0 Å². The molecule has 0 saturated heterocycles. The molecule has 0 aromatic carbocycles. The maximum atomic E-state index is 14.0. The molecule has 2 atom stereocenters. The smallest absolute Gasteiger partial charge is 0.431 e. The quantitative estimate of drug-likeness (QED) is 0.173. The second kappa shape index (κ2) is 9.30. The SMILES string of the molecule is CCC(O)(CC)C12CC3CC(C(=O)OCCC(F)(F)C(F)(F)S(=O)(=O)O)(C1)CC(C(O)(CC)CC)(C3)C2. The van der Waals surface area contributed by atoms with Gasteiger partial charge in [-0.2, -0.15) is 26.0 Å². The number of alkyl halides is 4. The minimum atomic E-state index is -6.39. The molecule has 4 rings (SSSR count). The van der Waals surface area contributed by atoms with E-state index in [0.29, 0.717) is 51.4 Å². The van der Waals surface area contributed by atoms with Crippen LogP contribution in [0.25, 0.3) is 0 Å². The molecule has 216 valence electrons. The van der Waals surface area contributed by atoms with Gasteiger partial charge in [-0.1, -0.05) is 27.7 Å². The van der Waals surface area contributed by atoms with E-state index < -0.39 is 67.7 Å². The van der Waals surface area contributed by atoms with Gasteiger partial charge in [0.05, 0.1) is 29.6 Å². The molecule has 0 aliphatic heterocycles. The lowest BCUT2D eigenvalue weighted by atomic mass is 9.33. The van der Waals surface area contributed by atoms with Gasteiger partial charge in [-0.25, -0.2) is 0 Å². The summed E-state index contributed by atoms with van der Waals surface area (Å²) < 4.78 is 90.3. The Balaban J connectivity index is 1.95. The zero-order valence-electron chi connectivity index (χ0n) is 22.0. The average Bonchev–Trinajstić information content (AvgIpc) is 2.80. The second-order valence-corrected chi connectivity index (χ2v) is 13.4. The molecule has 0 spiro atoms. The van der Waals surface area contributed by atoms with Gasteiger partial charge in [0.15, 0.2) is 0 Å². The van der Waals surface area contributed by atoms with Crippen molar-refractivity contribution < 1.29 is 50.3 Å². The topological polar surface area (TPSA) is 121 Å². The van der Waals surface area contributed by atoms with Crippen LogP contribution in [-0.4, -0.2) is 58.1 Å². The molecule has 3 N–H and O–H groups in total. The van der Waals surface area contributed by atoms with Crippen molar-refractivity contribution in [2.45, 2.75) is 121 Å². The van der Waals surface area contributed by atoms with Crippen molar-refractivity contribution in [1.29, 1.82) is 0 Å². The second-order valence-electron chi connectivity index (χ2n) is 11.9. The molecule has 0 heterocycles. The highest BCUT2D eigenvalue weighted by Gasteiger charge is 2.73. The van der Waals surface area contributed by atoms with Crippen molar-refractivity contribution in [1.82, 2.24) is 0 Å². The van der Waals surface area contributed by atoms with E-state index >= 15 is 0 Å². The van der Waals surface area contributed by atoms with Gasteiger partial charge in [-0.3, -0.25) is 9.35 Å². The van der Waals surface area contributed by atoms with E-state index in [1.165, 1.54) is 0 Å². The van der Waals surface area contributed by atoms with Crippen molar-refractivity contribution in [2.75, 3.05) is 6.61 Å². The molecule has 4 bridgehead atoms. The fraction of sp³-hybridized carbons (Fsp3) is 0.960. The van der Waals surface area contributed by atoms with Gasteiger partial charge in [-0.15, -0.1) is 0 Å². The van der Waals surface area contributed by atoms with E-state index in [1.54, 1.807) is 0 Å². The Hall–Kier alpha value is -0.980. The molecule has 0 amide bonds. The zero-order chi connectivity index (χ0) is 28.3. The summed E-state index contributed by atoms with van der Waals surface area (Å²) in [6.45, 7) is 6.28. The third-order valence-electron chi connectivity index (χ3n) is 10.2. The summed E-state index contributed by atoms with van der Waals surface area (Å²) in [6, 6.07) is 0. The Labute approximate surface area is 216 Å². The molecule has 2 unspecified atom stereocenters. The fourth-order valence-corrected chi connectivity index (χ4v) is 8.94. The monoisotopic (exact) mass is 560 g/mol. The van der Waals surface area contributed by atoms with Crippen LogP contribution in [0.2, 0.25) is 0 Å². The van der Waals surface area contributed by atoms with Gasteiger partial charge in [0.25, 0.3) is 0 Å². The molecule has 12 heteroatoms. The Morgan fingerprint density at radius 2 is 1.30 bits per heavy atom. The lowest BCUT2D eigenvalue weighted by Crippen LogP contribution is -2.70. The Morgan fingerprint density at radius 1 is 0.865 bits per heavy atom. The summed E-state index contributed by atoms with van der Waals surface area (Å²) in [5.74, 6) is -6.05. The molecule has 4 fully saturated rings. The summed E-state index contributed by atoms with van der Waals surface area (Å²) >= 11 is 0. The van der Waals surface area contributed by atoms with E-state index in [9.17, 15) is 41.0 Å². The number of ether oxygens (including phenoxy) is 1. The van der Waals surface area contributed by atoms with Crippen LogP contribution in [0.1, 0.15) is 98.3 Å². The minimum absolute atomic E-state index is 0.0247. The van der Waals surface area contributed by atoms with Crippen LogP contribution in [-0.2, 0) is 19.6 Å². The average molecular weight is 561 g/mol. The number of hydrogen-bond acceptors (Lipinski definition) is 6. The number of hydrogen-bond donors (Lipinski definition) is 3. The van der Waals surface area contributed by atoms with E-state index in [2.05, 4.69) is 0 Å². The van der Waals surface area contributed by atoms with Crippen molar-refractivity contribution in [2.24, 2.45) is 22.2 Å². The number of aliphatic hydroxyl groups is 2. The molecular formula is C25H40F4O7S. The van der Waals surface area contributed by atoms with Crippen LogP contribution in [0.5, 0.6) is 0 Å². The summed E-state index contributed by atoms with van der Waals surface area (Å²) in [4.78, 5) is 13.5. The van der Waals surface area contributed by atoms with Crippen LogP contribution in [0.4, 0.5) is 17.6 Å². The summed E-state index contributed by atoms with van der Waals surface area (Å²) in [6.07, 6.45) is 2.55. The van der Waals surface area contributed by atoms with Crippen molar-refractivity contribution in [3.8, 4) is 0 Å². The zero-order valence-corrected chi connectivity index (χ0v) is 22.8. The molecular weight excluding hydrogens is 520 g/mol. The predicted octanol–water partition coefficient (Wildman–Crippen LogP) is 5.09. The van der Waals surface area contributed by atoms with Gasteiger partial charge in [-0.05, 0) is 70.1 Å². The summed E-state index contributed by atoms with van der Waals surface area (Å²) in [5, 5.41) is 17.8. The van der Waals surface area contributed by atoms with Gasteiger partial charge < -0.3 is 14.9 Å². The maximum absolute atomic E-state index is 14.0. The first-order valence-electron chi connectivity index (χ1n) is 13.1. The number of carbonyl (C=O) groups is 1. The lowest BCUT2D eigenvalue weighted by Gasteiger charge is -2.71. The standard InChI is InChI=1S/C25H40F4O7S/c1-5-22(31,6-2)20-12-17-11-19(14-20,15-21(13-17,16-20)23(32,7-3)8-4)18(30)36-10-9-24(26,27)25(28,29)37(33,34)35/h17,31-32H,5-16H2,1-4H3,(H,33,34,35). The van der Waals surface area contributed by atoms with Gasteiger partial charge in [0.1, 0.15) is 0 Å². The molecule has 0 aromatic heterocycles. The molecule has 0 radical (unpaired) electrons. The first kappa shape index (κ1) is 30.6. The van der Waals surface area contributed by atoms with E-state index in [0.717, 1.165) is 0 Å². The highest BCUT2D eigenvalue weighted by atomic mass is 32.2. The lowest BCUT2D eigenvalue weighted by molar-refractivity contribution is -0.278. The number of rotatable bonds is 12. The largest absolute Gasteiger partial charge is 0.465 e. The highest BCUT2D eigenvalue weighted by Crippen LogP contribution is 2.75. The van der Waals surface area contributed by atoms with Gasteiger partial charge >= 0.3 is 27.3 Å². The Morgan fingerprint density at radius 3 is 1.68 bits per heavy atom. The maximum Gasteiger partial charge on any atom is 0.431 e. The third kappa shape index (κ3) is 4.41. The van der Waals surface area contributed by atoms with E-state index in [1.807, 2.05) is 27.7 Å².